The highest BCUT2D eigenvalue weighted by Gasteiger charge is 2.04. The summed E-state index contributed by atoms with van der Waals surface area (Å²) in [6.45, 7) is 0. The van der Waals surface area contributed by atoms with Gasteiger partial charge in [0.15, 0.2) is 0 Å². The molecule has 4 heteroatoms. The van der Waals surface area contributed by atoms with Gasteiger partial charge in [-0.15, -0.1) is 0 Å². The largest absolute Gasteiger partial charge is 0.497 e. The van der Waals surface area contributed by atoms with Crippen molar-refractivity contribution < 1.29 is 9.53 Å². The first-order valence-electron chi connectivity index (χ1n) is 6.14. The Bertz CT molecular complexity index is 625. The van der Waals surface area contributed by atoms with Crippen LogP contribution in [0.25, 0.3) is 0 Å². The van der Waals surface area contributed by atoms with Crippen molar-refractivity contribution in [1.82, 2.24) is 0 Å². The second-order valence-electron chi connectivity index (χ2n) is 4.26. The third kappa shape index (κ3) is 3.59. The van der Waals surface area contributed by atoms with Crippen LogP contribution in [0.2, 0.25) is 0 Å². The van der Waals surface area contributed by atoms with Crippen molar-refractivity contribution >= 4 is 11.6 Å². The lowest BCUT2D eigenvalue weighted by molar-refractivity contribution is -0.115. The smallest absolute Gasteiger partial charge is 0.228 e. The molecule has 0 bridgehead atoms. The van der Waals surface area contributed by atoms with E-state index in [1.807, 2.05) is 30.3 Å². The minimum atomic E-state index is -0.0973. The van der Waals surface area contributed by atoms with Gasteiger partial charge in [0, 0.05) is 5.69 Å². The predicted molar refractivity (Wildman–Crippen MR) is 76.5 cm³/mol. The van der Waals surface area contributed by atoms with Crippen LogP contribution in [-0.2, 0) is 11.2 Å². The second kappa shape index (κ2) is 6.39. The maximum Gasteiger partial charge on any atom is 0.228 e. The van der Waals surface area contributed by atoms with E-state index < -0.39 is 0 Å². The van der Waals surface area contributed by atoms with E-state index in [2.05, 4.69) is 5.32 Å². The fourth-order valence-electron chi connectivity index (χ4n) is 1.76. The van der Waals surface area contributed by atoms with Crippen LogP contribution < -0.4 is 10.1 Å². The fourth-order valence-corrected chi connectivity index (χ4v) is 1.76. The third-order valence-electron chi connectivity index (χ3n) is 2.82. The summed E-state index contributed by atoms with van der Waals surface area (Å²) in [6.07, 6.45) is 0.296. The van der Waals surface area contributed by atoms with Gasteiger partial charge in [-0.05, 0) is 42.0 Å². The summed E-state index contributed by atoms with van der Waals surface area (Å²) in [6, 6.07) is 16.2. The first-order valence-corrected chi connectivity index (χ1v) is 6.14. The number of amides is 1. The Morgan fingerprint density at radius 2 is 1.80 bits per heavy atom. The highest BCUT2D eigenvalue weighted by atomic mass is 16.5. The molecule has 0 saturated carbocycles. The zero-order valence-corrected chi connectivity index (χ0v) is 11.1. The molecule has 0 heterocycles. The molecule has 1 amide bonds. The van der Waals surface area contributed by atoms with Gasteiger partial charge in [0.2, 0.25) is 5.91 Å². The number of nitriles is 1. The van der Waals surface area contributed by atoms with E-state index in [1.165, 1.54) is 0 Å². The van der Waals surface area contributed by atoms with E-state index in [4.69, 9.17) is 10.00 Å². The normalized spacial score (nSPS) is 9.60. The van der Waals surface area contributed by atoms with Crippen LogP contribution in [0.1, 0.15) is 11.1 Å². The molecule has 0 aliphatic rings. The minimum absolute atomic E-state index is 0.0973. The zero-order chi connectivity index (χ0) is 14.4. The number of nitrogens with zero attached hydrogens (tertiary/aromatic N) is 1. The van der Waals surface area contributed by atoms with Gasteiger partial charge in [-0.2, -0.15) is 5.26 Å². The van der Waals surface area contributed by atoms with E-state index >= 15 is 0 Å². The van der Waals surface area contributed by atoms with E-state index in [1.54, 1.807) is 31.4 Å². The summed E-state index contributed by atoms with van der Waals surface area (Å²) in [7, 11) is 1.60. The van der Waals surface area contributed by atoms with Crippen molar-refractivity contribution in [2.24, 2.45) is 0 Å². The molecule has 0 aliphatic carbocycles. The van der Waals surface area contributed by atoms with E-state index in [-0.39, 0.29) is 5.91 Å². The van der Waals surface area contributed by atoms with Gasteiger partial charge in [0.1, 0.15) is 5.75 Å². The number of anilines is 1. The SMILES string of the molecule is COc1ccc(CC(=O)Nc2ccc(C#N)cc2)cc1. The van der Waals surface area contributed by atoms with Crippen LogP contribution in [0, 0.1) is 11.3 Å². The zero-order valence-electron chi connectivity index (χ0n) is 11.1. The van der Waals surface area contributed by atoms with E-state index in [0.717, 1.165) is 11.3 Å². The molecule has 4 nitrogen and oxygen atoms in total. The molecule has 1 N–H and O–H groups in total. The lowest BCUT2D eigenvalue weighted by Gasteiger charge is -2.06. The van der Waals surface area contributed by atoms with Gasteiger partial charge < -0.3 is 10.1 Å². The number of benzene rings is 2. The Hall–Kier alpha value is -2.80. The van der Waals surface area contributed by atoms with Crippen LogP contribution in [0.15, 0.2) is 48.5 Å². The molecule has 2 aromatic rings. The molecule has 100 valence electrons. The summed E-state index contributed by atoms with van der Waals surface area (Å²) in [5.74, 6) is 0.668. The number of hydrogen-bond acceptors (Lipinski definition) is 3. The van der Waals surface area contributed by atoms with Gasteiger partial charge in [0.05, 0.1) is 25.2 Å². The number of carbonyl (C=O) groups is 1. The van der Waals surface area contributed by atoms with Gasteiger partial charge in [-0.3, -0.25) is 4.79 Å². The lowest BCUT2D eigenvalue weighted by atomic mass is 10.1. The second-order valence-corrected chi connectivity index (χ2v) is 4.26. The van der Waals surface area contributed by atoms with Gasteiger partial charge in [-0.1, -0.05) is 12.1 Å². The molecule has 0 aromatic heterocycles. The molecule has 20 heavy (non-hydrogen) atoms. The molecule has 0 saturated heterocycles. The molecule has 0 atom stereocenters. The highest BCUT2D eigenvalue weighted by molar-refractivity contribution is 5.92. The lowest BCUT2D eigenvalue weighted by Crippen LogP contribution is -2.14. The van der Waals surface area contributed by atoms with Crippen molar-refractivity contribution in [3.63, 3.8) is 0 Å². The minimum Gasteiger partial charge on any atom is -0.497 e. The van der Waals surface area contributed by atoms with Gasteiger partial charge in [-0.25, -0.2) is 0 Å². The van der Waals surface area contributed by atoms with Crippen LogP contribution in [0.3, 0.4) is 0 Å². The number of carbonyl (C=O) groups excluding carboxylic acids is 1. The fraction of sp³-hybridized carbons (Fsp3) is 0.125. The Labute approximate surface area is 117 Å². The molecule has 0 unspecified atom stereocenters. The van der Waals surface area contributed by atoms with Gasteiger partial charge in [0.25, 0.3) is 0 Å². The standard InChI is InChI=1S/C16H14N2O2/c1-20-15-8-4-12(5-9-15)10-16(19)18-14-6-2-13(11-17)3-7-14/h2-9H,10H2,1H3,(H,18,19). The molecule has 0 spiro atoms. The summed E-state index contributed by atoms with van der Waals surface area (Å²) < 4.78 is 5.06. The van der Waals surface area contributed by atoms with Crippen molar-refractivity contribution in [2.75, 3.05) is 12.4 Å². The Kier molecular flexibility index (Phi) is 4.35. The number of ether oxygens (including phenoxy) is 1. The average Bonchev–Trinajstić information content (AvgIpc) is 2.49. The van der Waals surface area contributed by atoms with Crippen LogP contribution in [0.4, 0.5) is 5.69 Å². The summed E-state index contributed by atoms with van der Waals surface area (Å²) in [5, 5.41) is 11.5. The summed E-state index contributed by atoms with van der Waals surface area (Å²) in [4.78, 5) is 11.9. The predicted octanol–water partition coefficient (Wildman–Crippen LogP) is 2.75. The maximum atomic E-state index is 11.9. The van der Waals surface area contributed by atoms with E-state index in [0.29, 0.717) is 17.7 Å². The maximum absolute atomic E-state index is 11.9. The average molecular weight is 266 g/mol. The number of hydrogen-bond donors (Lipinski definition) is 1. The first-order chi connectivity index (χ1) is 9.71. The molecular weight excluding hydrogens is 252 g/mol. The van der Waals surface area contributed by atoms with Gasteiger partial charge >= 0.3 is 0 Å². The van der Waals surface area contributed by atoms with Crippen LogP contribution in [0.5, 0.6) is 5.75 Å². The molecular formula is C16H14N2O2. The number of methoxy groups -OCH3 is 1. The number of rotatable bonds is 4. The third-order valence-corrected chi connectivity index (χ3v) is 2.82. The molecule has 2 aromatic carbocycles. The van der Waals surface area contributed by atoms with Crippen LogP contribution >= 0.6 is 0 Å². The Balaban J connectivity index is 1.95. The quantitative estimate of drug-likeness (QED) is 0.925. The topological polar surface area (TPSA) is 62.1 Å². The van der Waals surface area contributed by atoms with E-state index in [9.17, 15) is 4.79 Å². The summed E-state index contributed by atoms with van der Waals surface area (Å²) in [5.41, 5.74) is 2.16. The van der Waals surface area contributed by atoms with Crippen molar-refractivity contribution in [1.29, 1.82) is 5.26 Å². The molecule has 2 rings (SSSR count). The first kappa shape index (κ1) is 13.6. The highest BCUT2D eigenvalue weighted by Crippen LogP contribution is 2.13. The Morgan fingerprint density at radius 1 is 1.15 bits per heavy atom. The number of nitrogens with one attached hydrogen (secondary N) is 1. The monoisotopic (exact) mass is 266 g/mol. The molecule has 0 fully saturated rings. The summed E-state index contributed by atoms with van der Waals surface area (Å²) >= 11 is 0. The molecule has 0 aliphatic heterocycles. The van der Waals surface area contributed by atoms with Crippen LogP contribution in [-0.4, -0.2) is 13.0 Å². The van der Waals surface area contributed by atoms with Crippen molar-refractivity contribution in [3.05, 3.63) is 59.7 Å². The van der Waals surface area contributed by atoms with Crippen molar-refractivity contribution in [3.8, 4) is 11.8 Å². The molecule has 0 radical (unpaired) electrons. The Morgan fingerprint density at radius 3 is 2.35 bits per heavy atom. The van der Waals surface area contributed by atoms with Crippen molar-refractivity contribution in [2.45, 2.75) is 6.42 Å².